The molecule has 0 radical (unpaired) electrons. The monoisotopic (exact) mass is 384 g/mol. The molecule has 0 aliphatic heterocycles. The van der Waals surface area contributed by atoms with Crippen LogP contribution in [0.4, 0.5) is 0 Å². The third-order valence-corrected chi connectivity index (χ3v) is 5.78. The molecule has 2 heterocycles. The Balaban J connectivity index is 1.82. The second-order valence-electron chi connectivity index (χ2n) is 6.59. The van der Waals surface area contributed by atoms with Gasteiger partial charge in [0.25, 0.3) is 0 Å². The number of benzene rings is 1. The minimum atomic E-state index is -3.36. The summed E-state index contributed by atoms with van der Waals surface area (Å²) in [6.45, 7) is 0. The van der Waals surface area contributed by atoms with E-state index in [1.54, 1.807) is 18.3 Å². The molecule has 0 unspecified atom stereocenters. The van der Waals surface area contributed by atoms with Crippen LogP contribution < -0.4 is 0 Å². The molecule has 3 aromatic rings. The standard InChI is InChI=1S/C20H17ClN2O2S/c1-26(24,25)17-10-15(9-16(21)11-17)18-3-2-8-22-20(18)14-6-7-19(23-12-14)13-4-5-13/h2-3,6-13H,4-5H2,1H3. The molecule has 1 aliphatic rings. The van der Waals surface area contributed by atoms with Gasteiger partial charge in [0.1, 0.15) is 0 Å². The summed E-state index contributed by atoms with van der Waals surface area (Å²) >= 11 is 6.17. The maximum Gasteiger partial charge on any atom is 0.175 e. The quantitative estimate of drug-likeness (QED) is 0.651. The Morgan fingerprint density at radius 3 is 2.50 bits per heavy atom. The fourth-order valence-corrected chi connectivity index (χ4v) is 3.95. The van der Waals surface area contributed by atoms with Crippen molar-refractivity contribution in [3.05, 3.63) is 65.6 Å². The predicted molar refractivity (Wildman–Crippen MR) is 103 cm³/mol. The van der Waals surface area contributed by atoms with Gasteiger partial charge in [-0.3, -0.25) is 9.97 Å². The first kappa shape index (κ1) is 17.2. The van der Waals surface area contributed by atoms with Gasteiger partial charge in [-0.2, -0.15) is 0 Å². The van der Waals surface area contributed by atoms with E-state index >= 15 is 0 Å². The number of pyridine rings is 2. The lowest BCUT2D eigenvalue weighted by atomic mass is 10.00. The number of halogens is 1. The van der Waals surface area contributed by atoms with Crippen LogP contribution in [0.1, 0.15) is 24.5 Å². The third-order valence-electron chi connectivity index (χ3n) is 4.47. The van der Waals surface area contributed by atoms with E-state index in [0.29, 0.717) is 16.5 Å². The minimum absolute atomic E-state index is 0.192. The zero-order chi connectivity index (χ0) is 18.3. The Morgan fingerprint density at radius 1 is 1.04 bits per heavy atom. The molecule has 4 rings (SSSR count). The van der Waals surface area contributed by atoms with E-state index in [4.69, 9.17) is 11.6 Å². The van der Waals surface area contributed by atoms with E-state index in [-0.39, 0.29) is 4.90 Å². The summed E-state index contributed by atoms with van der Waals surface area (Å²) in [4.78, 5) is 9.26. The first-order chi connectivity index (χ1) is 12.4. The summed E-state index contributed by atoms with van der Waals surface area (Å²) in [7, 11) is -3.36. The molecule has 2 aromatic heterocycles. The van der Waals surface area contributed by atoms with Crippen LogP contribution in [-0.2, 0) is 9.84 Å². The maximum atomic E-state index is 11.9. The highest BCUT2D eigenvalue weighted by Gasteiger charge is 2.24. The van der Waals surface area contributed by atoms with Crippen molar-refractivity contribution in [1.29, 1.82) is 0 Å². The smallest absolute Gasteiger partial charge is 0.175 e. The van der Waals surface area contributed by atoms with E-state index in [9.17, 15) is 8.42 Å². The lowest BCUT2D eigenvalue weighted by Gasteiger charge is -2.11. The van der Waals surface area contributed by atoms with Crippen molar-refractivity contribution in [3.63, 3.8) is 0 Å². The Kier molecular flexibility index (Phi) is 4.29. The van der Waals surface area contributed by atoms with Crippen LogP contribution in [0.5, 0.6) is 0 Å². The van der Waals surface area contributed by atoms with Gasteiger partial charge in [0, 0.05) is 46.4 Å². The zero-order valence-electron chi connectivity index (χ0n) is 14.2. The molecule has 132 valence electrons. The van der Waals surface area contributed by atoms with E-state index in [0.717, 1.165) is 22.5 Å². The van der Waals surface area contributed by atoms with Gasteiger partial charge in [0.2, 0.25) is 0 Å². The molecule has 0 N–H and O–H groups in total. The second-order valence-corrected chi connectivity index (χ2v) is 9.05. The first-order valence-corrected chi connectivity index (χ1v) is 10.6. The highest BCUT2D eigenvalue weighted by Crippen LogP contribution is 2.39. The average Bonchev–Trinajstić information content (AvgIpc) is 3.46. The zero-order valence-corrected chi connectivity index (χ0v) is 15.8. The molecule has 0 bridgehead atoms. The van der Waals surface area contributed by atoms with Crippen molar-refractivity contribution < 1.29 is 8.42 Å². The van der Waals surface area contributed by atoms with Crippen LogP contribution in [0.2, 0.25) is 5.02 Å². The van der Waals surface area contributed by atoms with Crippen molar-refractivity contribution >= 4 is 21.4 Å². The lowest BCUT2D eigenvalue weighted by molar-refractivity contribution is 0.602. The predicted octanol–water partition coefficient (Wildman–Crippen LogP) is 4.74. The molecule has 0 atom stereocenters. The second kappa shape index (κ2) is 6.49. The molecule has 0 spiro atoms. The van der Waals surface area contributed by atoms with Crippen LogP contribution in [0.3, 0.4) is 0 Å². The van der Waals surface area contributed by atoms with Gasteiger partial charge in [0.05, 0.1) is 10.6 Å². The largest absolute Gasteiger partial charge is 0.260 e. The van der Waals surface area contributed by atoms with Crippen molar-refractivity contribution in [2.75, 3.05) is 6.26 Å². The number of aromatic nitrogens is 2. The van der Waals surface area contributed by atoms with Gasteiger partial charge >= 0.3 is 0 Å². The maximum absolute atomic E-state index is 11.9. The molecule has 0 amide bonds. The van der Waals surface area contributed by atoms with Crippen molar-refractivity contribution in [2.45, 2.75) is 23.7 Å². The molecule has 1 fully saturated rings. The van der Waals surface area contributed by atoms with Crippen molar-refractivity contribution in [1.82, 2.24) is 9.97 Å². The van der Waals surface area contributed by atoms with Gasteiger partial charge in [-0.25, -0.2) is 8.42 Å². The number of nitrogens with zero attached hydrogens (tertiary/aromatic N) is 2. The van der Waals surface area contributed by atoms with Gasteiger partial charge in [-0.15, -0.1) is 0 Å². The fourth-order valence-electron chi connectivity index (χ4n) is 2.97. The minimum Gasteiger partial charge on any atom is -0.260 e. The Morgan fingerprint density at radius 2 is 1.85 bits per heavy atom. The first-order valence-electron chi connectivity index (χ1n) is 8.34. The molecule has 6 heteroatoms. The Hall–Kier alpha value is -2.24. The summed E-state index contributed by atoms with van der Waals surface area (Å²) in [5.41, 5.74) is 4.30. The summed E-state index contributed by atoms with van der Waals surface area (Å²) in [5.74, 6) is 0.595. The highest BCUT2D eigenvalue weighted by atomic mass is 35.5. The van der Waals surface area contributed by atoms with Crippen LogP contribution in [0.25, 0.3) is 22.4 Å². The van der Waals surface area contributed by atoms with Crippen molar-refractivity contribution in [2.24, 2.45) is 0 Å². The number of rotatable bonds is 4. The van der Waals surface area contributed by atoms with E-state index in [1.165, 1.54) is 25.2 Å². The van der Waals surface area contributed by atoms with Gasteiger partial charge in [-0.05, 0) is 54.8 Å². The average molecular weight is 385 g/mol. The lowest BCUT2D eigenvalue weighted by Crippen LogP contribution is -1.98. The van der Waals surface area contributed by atoms with Gasteiger partial charge < -0.3 is 0 Å². The molecule has 26 heavy (non-hydrogen) atoms. The number of sulfone groups is 1. The molecule has 1 aliphatic carbocycles. The van der Waals surface area contributed by atoms with Crippen LogP contribution in [0.15, 0.2) is 59.8 Å². The summed E-state index contributed by atoms with van der Waals surface area (Å²) < 4.78 is 23.9. The topological polar surface area (TPSA) is 59.9 Å². The molecular weight excluding hydrogens is 368 g/mol. The van der Waals surface area contributed by atoms with Gasteiger partial charge in [0.15, 0.2) is 9.84 Å². The van der Waals surface area contributed by atoms with E-state index in [2.05, 4.69) is 9.97 Å². The highest BCUT2D eigenvalue weighted by molar-refractivity contribution is 7.90. The Bertz CT molecular complexity index is 1080. The number of hydrogen-bond acceptors (Lipinski definition) is 4. The molecule has 1 saturated carbocycles. The molecule has 0 saturated heterocycles. The normalized spacial score (nSPS) is 14.4. The third kappa shape index (κ3) is 3.50. The molecule has 1 aromatic carbocycles. The van der Waals surface area contributed by atoms with Crippen LogP contribution in [0, 0.1) is 0 Å². The van der Waals surface area contributed by atoms with E-state index < -0.39 is 9.84 Å². The summed E-state index contributed by atoms with van der Waals surface area (Å²) in [6, 6.07) is 12.7. The summed E-state index contributed by atoms with van der Waals surface area (Å²) in [6.07, 6.45) is 7.14. The van der Waals surface area contributed by atoms with Gasteiger partial charge in [-0.1, -0.05) is 17.7 Å². The van der Waals surface area contributed by atoms with Crippen LogP contribution in [-0.4, -0.2) is 24.6 Å². The number of hydrogen-bond donors (Lipinski definition) is 0. The van der Waals surface area contributed by atoms with E-state index in [1.807, 2.05) is 30.5 Å². The summed E-state index contributed by atoms with van der Waals surface area (Å²) in [5, 5.41) is 0.375. The van der Waals surface area contributed by atoms with Crippen molar-refractivity contribution in [3.8, 4) is 22.4 Å². The Labute approximate surface area is 157 Å². The SMILES string of the molecule is CS(=O)(=O)c1cc(Cl)cc(-c2cccnc2-c2ccc(C3CC3)nc2)c1. The fraction of sp³-hybridized carbons (Fsp3) is 0.200. The molecular formula is C20H17ClN2O2S. The molecule has 4 nitrogen and oxygen atoms in total. The van der Waals surface area contributed by atoms with Crippen LogP contribution >= 0.6 is 11.6 Å².